The zero-order valence-corrected chi connectivity index (χ0v) is 21.7. The van der Waals surface area contributed by atoms with Crippen molar-refractivity contribution in [3.8, 4) is 0 Å². The number of ether oxygens (including phenoxy) is 1. The molecule has 0 aliphatic carbocycles. The number of rotatable bonds is 2. The van der Waals surface area contributed by atoms with Gasteiger partial charge in [-0.25, -0.2) is 24.1 Å². The molecule has 10 heteroatoms. The Morgan fingerprint density at radius 3 is 2.71 bits per heavy atom. The predicted octanol–water partition coefficient (Wildman–Crippen LogP) is 5.61. The molecular formula is C24H31ClFN5O2S. The molecule has 0 N–H and O–H groups in total. The Balaban J connectivity index is 1.63. The van der Waals surface area contributed by atoms with Crippen LogP contribution in [0.2, 0.25) is 5.15 Å². The first-order valence-corrected chi connectivity index (χ1v) is 13.5. The number of aromatic nitrogens is 3. The van der Waals surface area contributed by atoms with E-state index in [4.69, 9.17) is 21.3 Å². The SMILES string of the molecule is CCSc1nc2c3c(nc(Cl)c(F)c3n1)CCCC[C@@H]1[C@@H]3CC[C@H](CN21)N3C(=O)OC(C)(C)C. The van der Waals surface area contributed by atoms with Gasteiger partial charge in [-0.05, 0) is 58.6 Å². The van der Waals surface area contributed by atoms with Gasteiger partial charge in [0.1, 0.15) is 16.9 Å². The Morgan fingerprint density at radius 1 is 1.18 bits per heavy atom. The van der Waals surface area contributed by atoms with Gasteiger partial charge in [0.05, 0.1) is 29.2 Å². The zero-order chi connectivity index (χ0) is 24.2. The van der Waals surface area contributed by atoms with Gasteiger partial charge >= 0.3 is 6.09 Å². The summed E-state index contributed by atoms with van der Waals surface area (Å²) in [5, 5.41) is 1.07. The van der Waals surface area contributed by atoms with E-state index >= 15 is 4.39 Å². The van der Waals surface area contributed by atoms with Crippen LogP contribution in [0.15, 0.2) is 5.16 Å². The number of fused-ring (bicyclic) bond motifs is 5. The second kappa shape index (κ2) is 8.97. The van der Waals surface area contributed by atoms with E-state index in [2.05, 4.69) is 14.9 Å². The van der Waals surface area contributed by atoms with Crippen molar-refractivity contribution in [2.24, 2.45) is 0 Å². The number of carbonyl (C=O) groups excluding carboxylic acids is 1. The van der Waals surface area contributed by atoms with Crippen molar-refractivity contribution < 1.29 is 13.9 Å². The molecule has 3 aliphatic rings. The van der Waals surface area contributed by atoms with Crippen molar-refractivity contribution in [2.75, 3.05) is 17.2 Å². The lowest BCUT2D eigenvalue weighted by molar-refractivity contribution is 0.00704. The topological polar surface area (TPSA) is 71.5 Å². The fourth-order valence-corrected chi connectivity index (χ4v) is 6.39. The first-order chi connectivity index (χ1) is 16.2. The van der Waals surface area contributed by atoms with Crippen molar-refractivity contribution in [2.45, 2.75) is 95.1 Å². The molecule has 1 amide bonds. The van der Waals surface area contributed by atoms with Gasteiger partial charge in [0.25, 0.3) is 0 Å². The van der Waals surface area contributed by atoms with Crippen LogP contribution in [0.5, 0.6) is 0 Å². The molecule has 2 bridgehead atoms. The van der Waals surface area contributed by atoms with Gasteiger partial charge in [-0.1, -0.05) is 36.7 Å². The largest absolute Gasteiger partial charge is 0.444 e. The molecule has 5 heterocycles. The van der Waals surface area contributed by atoms with Crippen LogP contribution >= 0.6 is 23.4 Å². The highest BCUT2D eigenvalue weighted by atomic mass is 35.5. The molecule has 2 fully saturated rings. The van der Waals surface area contributed by atoms with Crippen LogP contribution in [-0.4, -0.2) is 62.0 Å². The Kier molecular flexibility index (Phi) is 6.29. The van der Waals surface area contributed by atoms with Crippen molar-refractivity contribution in [1.29, 1.82) is 0 Å². The number of hydrogen-bond donors (Lipinski definition) is 0. The van der Waals surface area contributed by atoms with E-state index in [1.165, 1.54) is 11.8 Å². The van der Waals surface area contributed by atoms with E-state index < -0.39 is 11.4 Å². The molecule has 184 valence electrons. The van der Waals surface area contributed by atoms with Gasteiger partial charge in [0.15, 0.2) is 16.1 Å². The summed E-state index contributed by atoms with van der Waals surface area (Å²) < 4.78 is 21.0. The molecule has 2 saturated heterocycles. The summed E-state index contributed by atoms with van der Waals surface area (Å²) in [7, 11) is 0. The second-order valence-electron chi connectivity index (χ2n) is 10.3. The number of piperazine rings is 1. The van der Waals surface area contributed by atoms with Crippen LogP contribution in [0.3, 0.4) is 0 Å². The molecular weight excluding hydrogens is 477 g/mol. The maximum Gasteiger partial charge on any atom is 0.410 e. The summed E-state index contributed by atoms with van der Waals surface area (Å²) >= 11 is 7.67. The lowest BCUT2D eigenvalue weighted by atomic mass is 9.97. The molecule has 5 rings (SSSR count). The van der Waals surface area contributed by atoms with Crippen molar-refractivity contribution in [3.63, 3.8) is 0 Å². The lowest BCUT2D eigenvalue weighted by Crippen LogP contribution is -2.62. The number of carbonyl (C=O) groups is 1. The molecule has 0 saturated carbocycles. The number of halogens is 2. The molecule has 0 spiro atoms. The van der Waals surface area contributed by atoms with Crippen LogP contribution in [0.1, 0.15) is 65.5 Å². The van der Waals surface area contributed by atoms with Gasteiger partial charge in [0.2, 0.25) is 0 Å². The van der Waals surface area contributed by atoms with E-state index in [1.807, 2.05) is 32.6 Å². The number of nitrogens with zero attached hydrogens (tertiary/aromatic N) is 5. The third kappa shape index (κ3) is 4.19. The average Bonchev–Trinajstić information content (AvgIpc) is 3.11. The Labute approximate surface area is 208 Å². The maximum absolute atomic E-state index is 15.2. The monoisotopic (exact) mass is 507 g/mol. The number of aryl methyl sites for hydroxylation is 1. The highest BCUT2D eigenvalue weighted by molar-refractivity contribution is 7.99. The van der Waals surface area contributed by atoms with Crippen LogP contribution in [-0.2, 0) is 11.2 Å². The number of hydrogen-bond acceptors (Lipinski definition) is 7. The van der Waals surface area contributed by atoms with E-state index in [9.17, 15) is 4.79 Å². The molecule has 3 atom stereocenters. The quantitative estimate of drug-likeness (QED) is 0.297. The number of anilines is 1. The normalized spacial score (nSPS) is 24.5. The standard InChI is InChI=1S/C24H31ClFN5O2S/c1-5-34-22-28-19-17-14(27-20(25)18(19)26)8-6-7-9-15-16-11-10-13(12-30(15)21(17)29-22)31(16)23(32)33-24(2,3)4/h13,15-16H,5-12H2,1-4H3/t13-,15-,16+/m1/s1. The maximum atomic E-state index is 15.2. The van der Waals surface area contributed by atoms with Crippen LogP contribution < -0.4 is 4.90 Å². The van der Waals surface area contributed by atoms with E-state index in [0.717, 1.165) is 49.4 Å². The van der Waals surface area contributed by atoms with E-state index in [-0.39, 0.29) is 34.9 Å². The van der Waals surface area contributed by atoms with Crippen molar-refractivity contribution in [3.05, 3.63) is 16.7 Å². The highest BCUT2D eigenvalue weighted by Crippen LogP contribution is 2.43. The first-order valence-electron chi connectivity index (χ1n) is 12.1. The van der Waals surface area contributed by atoms with E-state index in [0.29, 0.717) is 23.5 Å². The smallest absolute Gasteiger partial charge is 0.410 e. The lowest BCUT2D eigenvalue weighted by Gasteiger charge is -2.47. The Bertz CT molecular complexity index is 1130. The highest BCUT2D eigenvalue weighted by Gasteiger charge is 2.50. The summed E-state index contributed by atoms with van der Waals surface area (Å²) in [5.41, 5.74) is 0.462. The summed E-state index contributed by atoms with van der Waals surface area (Å²) in [6.45, 7) is 8.36. The summed E-state index contributed by atoms with van der Waals surface area (Å²) in [6.07, 6.45) is 5.09. The summed E-state index contributed by atoms with van der Waals surface area (Å²) in [6, 6.07) is 0.138. The zero-order valence-electron chi connectivity index (χ0n) is 20.1. The molecule has 7 nitrogen and oxygen atoms in total. The summed E-state index contributed by atoms with van der Waals surface area (Å²) in [5.74, 6) is 0.916. The minimum absolute atomic E-state index is 0.0257. The predicted molar refractivity (Wildman–Crippen MR) is 132 cm³/mol. The van der Waals surface area contributed by atoms with Crippen LogP contribution in [0, 0.1) is 5.82 Å². The van der Waals surface area contributed by atoms with Gasteiger partial charge in [-0.3, -0.25) is 4.90 Å². The molecule has 34 heavy (non-hydrogen) atoms. The van der Waals surface area contributed by atoms with Gasteiger partial charge in [-0.2, -0.15) is 0 Å². The number of amides is 1. The summed E-state index contributed by atoms with van der Waals surface area (Å²) in [4.78, 5) is 31.3. The van der Waals surface area contributed by atoms with Gasteiger partial charge < -0.3 is 9.64 Å². The average molecular weight is 508 g/mol. The molecule has 0 unspecified atom stereocenters. The Hall–Kier alpha value is -1.87. The number of pyridine rings is 1. The first kappa shape index (κ1) is 23.9. The number of thioether (sulfide) groups is 1. The van der Waals surface area contributed by atoms with Crippen LogP contribution in [0.4, 0.5) is 15.0 Å². The fraction of sp³-hybridized carbons (Fsp3) is 0.667. The molecule has 0 radical (unpaired) electrons. The van der Waals surface area contributed by atoms with E-state index in [1.54, 1.807) is 0 Å². The minimum Gasteiger partial charge on any atom is -0.444 e. The molecule has 2 aromatic heterocycles. The van der Waals surface area contributed by atoms with Crippen molar-refractivity contribution in [1.82, 2.24) is 19.9 Å². The molecule has 0 aromatic carbocycles. The fourth-order valence-electron chi connectivity index (χ4n) is 5.63. The van der Waals surface area contributed by atoms with Gasteiger partial charge in [0, 0.05) is 6.54 Å². The molecule has 2 aromatic rings. The van der Waals surface area contributed by atoms with Gasteiger partial charge in [-0.15, -0.1) is 0 Å². The minimum atomic E-state index is -0.590. The third-order valence-corrected chi connectivity index (χ3v) is 7.87. The molecule has 3 aliphatic heterocycles. The van der Waals surface area contributed by atoms with Crippen molar-refractivity contribution >= 4 is 46.2 Å². The third-order valence-electron chi connectivity index (χ3n) is 6.89. The second-order valence-corrected chi connectivity index (χ2v) is 11.9. The Morgan fingerprint density at radius 2 is 1.97 bits per heavy atom. The van der Waals surface area contributed by atoms with Crippen LogP contribution in [0.25, 0.3) is 10.9 Å².